The minimum Gasteiger partial charge on any atom is -0.260 e. The largest absolute Gasteiger partial charge is 0.260 e. The Labute approximate surface area is 73.6 Å². The fourth-order valence-corrected chi connectivity index (χ4v) is 1.24. The molecular weight excluding hydrogens is 213 g/mol. The van der Waals surface area contributed by atoms with Gasteiger partial charge in [0.1, 0.15) is 0 Å². The lowest BCUT2D eigenvalue weighted by Gasteiger charge is -2.01. The molecule has 1 aromatic rings. The normalized spacial score (nSPS) is 10.0. The highest BCUT2D eigenvalue weighted by atomic mass is 79.9. The zero-order chi connectivity index (χ0) is 7.72. The molecular formula is C7H7BrClN. The minimum absolute atomic E-state index is 0.757. The average Bonchev–Trinajstić information content (AvgIpc) is 1.93. The molecule has 1 aromatic heterocycles. The first-order chi connectivity index (χ1) is 4.63. The molecule has 0 N–H and O–H groups in total. The molecule has 0 aliphatic heterocycles. The smallest absolute Gasteiger partial charge is 0.0610 e. The molecule has 1 nitrogen and oxygen atoms in total. The summed E-state index contributed by atoms with van der Waals surface area (Å²) < 4.78 is 0.897. The van der Waals surface area contributed by atoms with Gasteiger partial charge in [-0.3, -0.25) is 4.98 Å². The molecule has 0 fully saturated rings. The van der Waals surface area contributed by atoms with Crippen molar-refractivity contribution in [2.75, 3.05) is 0 Å². The predicted octanol–water partition coefficient (Wildman–Crippen LogP) is 3.11. The number of rotatable bonds is 0. The third kappa shape index (κ3) is 1.32. The molecule has 0 atom stereocenters. The first kappa shape index (κ1) is 8.02. The fraction of sp³-hybridized carbons (Fsp3) is 0.286. The van der Waals surface area contributed by atoms with E-state index < -0.39 is 0 Å². The number of pyridine rings is 1. The molecule has 54 valence electrons. The van der Waals surface area contributed by atoms with Crippen molar-refractivity contribution in [2.24, 2.45) is 0 Å². The summed E-state index contributed by atoms with van der Waals surface area (Å²) in [6.07, 6.45) is 1.77. The van der Waals surface area contributed by atoms with Gasteiger partial charge in [-0.1, -0.05) is 11.6 Å². The Morgan fingerprint density at radius 1 is 1.50 bits per heavy atom. The summed E-state index contributed by atoms with van der Waals surface area (Å²) in [4.78, 5) is 4.11. The van der Waals surface area contributed by atoms with Crippen LogP contribution < -0.4 is 0 Å². The second-order valence-corrected chi connectivity index (χ2v) is 3.33. The summed E-state index contributed by atoms with van der Waals surface area (Å²) in [6.45, 7) is 3.84. The van der Waals surface area contributed by atoms with Crippen LogP contribution in [0.1, 0.15) is 11.3 Å². The Kier molecular flexibility index (Phi) is 2.32. The van der Waals surface area contributed by atoms with E-state index in [0.717, 1.165) is 20.8 Å². The Morgan fingerprint density at radius 2 is 2.10 bits per heavy atom. The fourth-order valence-electron chi connectivity index (χ4n) is 0.639. The van der Waals surface area contributed by atoms with Gasteiger partial charge in [-0.15, -0.1) is 0 Å². The van der Waals surface area contributed by atoms with Crippen molar-refractivity contribution in [3.05, 3.63) is 26.9 Å². The predicted molar refractivity (Wildman–Crippen MR) is 46.4 cm³/mol. The van der Waals surface area contributed by atoms with Crippen LogP contribution in [0.4, 0.5) is 0 Å². The van der Waals surface area contributed by atoms with E-state index in [4.69, 9.17) is 11.6 Å². The molecule has 0 spiro atoms. The topological polar surface area (TPSA) is 12.9 Å². The van der Waals surface area contributed by atoms with E-state index in [-0.39, 0.29) is 0 Å². The van der Waals surface area contributed by atoms with Crippen LogP contribution in [0, 0.1) is 13.8 Å². The molecule has 0 radical (unpaired) electrons. The maximum absolute atomic E-state index is 5.90. The van der Waals surface area contributed by atoms with Crippen molar-refractivity contribution >= 4 is 27.5 Å². The number of nitrogens with zero attached hydrogens (tertiary/aromatic N) is 1. The molecule has 0 aliphatic carbocycles. The van der Waals surface area contributed by atoms with Crippen LogP contribution in [-0.2, 0) is 0 Å². The van der Waals surface area contributed by atoms with Gasteiger partial charge in [0.2, 0.25) is 0 Å². The van der Waals surface area contributed by atoms with Crippen LogP contribution in [0.25, 0.3) is 0 Å². The van der Waals surface area contributed by atoms with Gasteiger partial charge in [0.05, 0.1) is 15.2 Å². The summed E-state index contributed by atoms with van der Waals surface area (Å²) >= 11 is 9.23. The summed E-state index contributed by atoms with van der Waals surface area (Å²) in [7, 11) is 0. The van der Waals surface area contributed by atoms with Crippen molar-refractivity contribution in [3.8, 4) is 0 Å². The molecule has 0 aromatic carbocycles. The zero-order valence-corrected chi connectivity index (χ0v) is 8.12. The van der Waals surface area contributed by atoms with E-state index in [2.05, 4.69) is 20.9 Å². The lowest BCUT2D eigenvalue weighted by Crippen LogP contribution is -1.85. The van der Waals surface area contributed by atoms with Crippen molar-refractivity contribution in [1.29, 1.82) is 0 Å². The Balaban J connectivity index is 3.34. The second kappa shape index (κ2) is 2.89. The van der Waals surface area contributed by atoms with Crippen molar-refractivity contribution in [3.63, 3.8) is 0 Å². The minimum atomic E-state index is 0.757. The van der Waals surface area contributed by atoms with E-state index in [1.165, 1.54) is 0 Å². The van der Waals surface area contributed by atoms with Gasteiger partial charge in [-0.25, -0.2) is 0 Å². The van der Waals surface area contributed by atoms with Crippen LogP contribution in [0.2, 0.25) is 5.02 Å². The van der Waals surface area contributed by atoms with Crippen molar-refractivity contribution in [1.82, 2.24) is 4.98 Å². The van der Waals surface area contributed by atoms with Gasteiger partial charge in [-0.2, -0.15) is 0 Å². The van der Waals surface area contributed by atoms with E-state index in [0.29, 0.717) is 0 Å². The highest BCUT2D eigenvalue weighted by Gasteiger charge is 2.03. The SMILES string of the molecule is Cc1cnc(C)c(Br)c1Cl. The van der Waals surface area contributed by atoms with Gasteiger partial charge in [0.15, 0.2) is 0 Å². The number of hydrogen-bond acceptors (Lipinski definition) is 1. The maximum atomic E-state index is 5.90. The Morgan fingerprint density at radius 3 is 2.60 bits per heavy atom. The Hall–Kier alpha value is -0.0800. The first-order valence-corrected chi connectivity index (χ1v) is 4.07. The summed E-state index contributed by atoms with van der Waals surface area (Å²) in [6, 6.07) is 0. The van der Waals surface area contributed by atoms with Crippen LogP contribution in [0.15, 0.2) is 10.7 Å². The van der Waals surface area contributed by atoms with Crippen LogP contribution in [-0.4, -0.2) is 4.98 Å². The monoisotopic (exact) mass is 219 g/mol. The average molecular weight is 220 g/mol. The third-order valence-electron chi connectivity index (χ3n) is 1.31. The molecule has 1 heterocycles. The summed E-state index contributed by atoms with van der Waals surface area (Å²) in [5.41, 5.74) is 1.93. The number of halogens is 2. The van der Waals surface area contributed by atoms with Gasteiger partial charge >= 0.3 is 0 Å². The van der Waals surface area contributed by atoms with Crippen LogP contribution in [0.5, 0.6) is 0 Å². The summed E-state index contributed by atoms with van der Waals surface area (Å²) in [5, 5.41) is 0.757. The molecule has 1 rings (SSSR count). The third-order valence-corrected chi connectivity index (χ3v) is 2.99. The Bertz CT molecular complexity index is 233. The van der Waals surface area contributed by atoms with E-state index in [9.17, 15) is 0 Å². The molecule has 0 saturated carbocycles. The van der Waals surface area contributed by atoms with E-state index in [1.54, 1.807) is 6.20 Å². The van der Waals surface area contributed by atoms with Gasteiger partial charge in [-0.05, 0) is 35.3 Å². The van der Waals surface area contributed by atoms with Crippen LogP contribution in [0.3, 0.4) is 0 Å². The molecule has 0 unspecified atom stereocenters. The van der Waals surface area contributed by atoms with Crippen molar-refractivity contribution in [2.45, 2.75) is 13.8 Å². The van der Waals surface area contributed by atoms with E-state index in [1.807, 2.05) is 13.8 Å². The lowest BCUT2D eigenvalue weighted by atomic mass is 10.3. The van der Waals surface area contributed by atoms with Gasteiger partial charge in [0, 0.05) is 6.20 Å². The second-order valence-electron chi connectivity index (χ2n) is 2.15. The highest BCUT2D eigenvalue weighted by molar-refractivity contribution is 9.10. The molecule has 0 saturated heterocycles. The molecule has 10 heavy (non-hydrogen) atoms. The van der Waals surface area contributed by atoms with Gasteiger partial charge in [0.25, 0.3) is 0 Å². The molecule has 3 heteroatoms. The number of hydrogen-bond donors (Lipinski definition) is 0. The van der Waals surface area contributed by atoms with Crippen molar-refractivity contribution < 1.29 is 0 Å². The standard InChI is InChI=1S/C7H7BrClN/c1-4-3-10-5(2)6(8)7(4)9/h3H,1-2H3. The molecule has 0 amide bonds. The number of aryl methyl sites for hydroxylation is 2. The molecule has 0 bridgehead atoms. The highest BCUT2D eigenvalue weighted by Crippen LogP contribution is 2.26. The zero-order valence-electron chi connectivity index (χ0n) is 5.78. The lowest BCUT2D eigenvalue weighted by molar-refractivity contribution is 1.15. The van der Waals surface area contributed by atoms with E-state index >= 15 is 0 Å². The number of aromatic nitrogens is 1. The van der Waals surface area contributed by atoms with Crippen LogP contribution >= 0.6 is 27.5 Å². The quantitative estimate of drug-likeness (QED) is 0.655. The first-order valence-electron chi connectivity index (χ1n) is 2.90. The summed E-state index contributed by atoms with van der Waals surface area (Å²) in [5.74, 6) is 0. The maximum Gasteiger partial charge on any atom is 0.0610 e. The van der Waals surface area contributed by atoms with Gasteiger partial charge < -0.3 is 0 Å². The molecule has 0 aliphatic rings.